The average molecular weight is 526 g/mol. The van der Waals surface area contributed by atoms with Crippen molar-refractivity contribution in [2.75, 3.05) is 0 Å². The van der Waals surface area contributed by atoms with Gasteiger partial charge in [-0.1, -0.05) is 112 Å². The minimum Gasteiger partial charge on any atom is -0.135 e. The Morgan fingerprint density at radius 3 is 1.94 bits per heavy atom. The first-order chi connectivity index (χ1) is 16.2. The fourth-order valence-corrected chi connectivity index (χ4v) is 6.29. The van der Waals surface area contributed by atoms with Gasteiger partial charge in [-0.05, 0) is 46.5 Å². The van der Waals surface area contributed by atoms with Crippen molar-refractivity contribution in [1.29, 1.82) is 0 Å². The maximum absolute atomic E-state index is 6.42. The Morgan fingerprint density at radius 1 is 0.545 bits per heavy atom. The molecule has 3 heteroatoms. The lowest BCUT2D eigenvalue weighted by Crippen LogP contribution is -1.86. The summed E-state index contributed by atoms with van der Waals surface area (Å²) in [6, 6.07) is 38.5. The van der Waals surface area contributed by atoms with Crippen LogP contribution in [0.5, 0.6) is 0 Å². The van der Waals surface area contributed by atoms with E-state index in [4.69, 9.17) is 11.6 Å². The molecule has 1 aromatic heterocycles. The molecule has 0 N–H and O–H groups in total. The van der Waals surface area contributed by atoms with Crippen molar-refractivity contribution in [1.82, 2.24) is 0 Å². The van der Waals surface area contributed by atoms with Crippen LogP contribution in [0.15, 0.2) is 114 Å². The van der Waals surface area contributed by atoms with Crippen LogP contribution in [0.3, 0.4) is 0 Å². The molecule has 5 aromatic carbocycles. The molecule has 0 saturated carbocycles. The van der Waals surface area contributed by atoms with Gasteiger partial charge in [-0.15, -0.1) is 11.3 Å². The number of hydrogen-bond acceptors (Lipinski definition) is 1. The van der Waals surface area contributed by atoms with Gasteiger partial charge < -0.3 is 0 Å². The molecule has 0 fully saturated rings. The summed E-state index contributed by atoms with van der Waals surface area (Å²) in [5, 5.41) is 3.37. The molecule has 0 amide bonds. The molecule has 1 heterocycles. The highest BCUT2D eigenvalue weighted by atomic mass is 79.9. The van der Waals surface area contributed by atoms with E-state index in [1.54, 1.807) is 0 Å². The molecule has 0 nitrogen and oxygen atoms in total. The fourth-order valence-electron chi connectivity index (χ4n) is 4.48. The van der Waals surface area contributed by atoms with Gasteiger partial charge in [-0.25, -0.2) is 0 Å². The molecular weight excluding hydrogens is 508 g/mol. The smallest absolute Gasteiger partial charge is 0.0484 e. The topological polar surface area (TPSA) is 0 Å². The lowest BCUT2D eigenvalue weighted by molar-refractivity contribution is 1.58. The van der Waals surface area contributed by atoms with E-state index in [1.165, 1.54) is 42.4 Å². The molecule has 0 bridgehead atoms. The van der Waals surface area contributed by atoms with Gasteiger partial charge in [0.05, 0.1) is 0 Å². The van der Waals surface area contributed by atoms with E-state index in [-0.39, 0.29) is 0 Å². The lowest BCUT2D eigenvalue weighted by Gasteiger charge is -2.12. The van der Waals surface area contributed by atoms with Gasteiger partial charge in [0.2, 0.25) is 0 Å². The number of fused-ring (bicyclic) bond motifs is 3. The van der Waals surface area contributed by atoms with Crippen LogP contribution >= 0.6 is 38.9 Å². The van der Waals surface area contributed by atoms with E-state index in [2.05, 4.69) is 107 Å². The van der Waals surface area contributed by atoms with Crippen LogP contribution in [0.1, 0.15) is 0 Å². The minimum atomic E-state index is 0.772. The molecule has 0 aliphatic carbocycles. The zero-order chi connectivity index (χ0) is 22.4. The van der Waals surface area contributed by atoms with Crippen LogP contribution in [0.2, 0.25) is 5.02 Å². The second-order valence-corrected chi connectivity index (χ2v) is 10.4. The molecule has 0 aliphatic heterocycles. The number of thiophene rings is 1. The van der Waals surface area contributed by atoms with Crippen LogP contribution in [-0.2, 0) is 0 Å². The fraction of sp³-hybridized carbons (Fsp3) is 0. The molecule has 0 saturated heterocycles. The van der Waals surface area contributed by atoms with Crippen molar-refractivity contribution in [3.63, 3.8) is 0 Å². The number of benzene rings is 5. The summed E-state index contributed by atoms with van der Waals surface area (Å²) in [4.78, 5) is 0. The van der Waals surface area contributed by atoms with Gasteiger partial charge in [0, 0.05) is 40.8 Å². The third-order valence-corrected chi connectivity index (χ3v) is 8.10. The molecule has 158 valence electrons. The van der Waals surface area contributed by atoms with Crippen molar-refractivity contribution in [2.45, 2.75) is 0 Å². The maximum Gasteiger partial charge on any atom is 0.0484 e. The third-order valence-electron chi connectivity index (χ3n) is 6.06. The van der Waals surface area contributed by atoms with Crippen LogP contribution in [-0.4, -0.2) is 0 Å². The van der Waals surface area contributed by atoms with E-state index < -0.39 is 0 Å². The van der Waals surface area contributed by atoms with Gasteiger partial charge >= 0.3 is 0 Å². The molecule has 0 radical (unpaired) electrons. The number of hydrogen-bond donors (Lipinski definition) is 0. The molecular formula is C30H18BrClS. The predicted molar refractivity (Wildman–Crippen MR) is 148 cm³/mol. The Hall–Kier alpha value is -2.91. The highest BCUT2D eigenvalue weighted by Crippen LogP contribution is 2.43. The zero-order valence-corrected chi connectivity index (χ0v) is 20.7. The van der Waals surface area contributed by atoms with E-state index in [0.717, 1.165) is 20.6 Å². The largest absolute Gasteiger partial charge is 0.135 e. The SMILES string of the molecule is Clc1ccccc1-c1ccc(-c2ccccc2-c2cccc3c2sc2ccc(Br)cc23)cc1. The molecule has 6 aromatic rings. The first-order valence-corrected chi connectivity index (χ1v) is 12.7. The third kappa shape index (κ3) is 3.69. The van der Waals surface area contributed by atoms with Crippen LogP contribution < -0.4 is 0 Å². The maximum atomic E-state index is 6.42. The first-order valence-electron chi connectivity index (χ1n) is 10.7. The van der Waals surface area contributed by atoms with Crippen LogP contribution in [0, 0.1) is 0 Å². The van der Waals surface area contributed by atoms with Crippen molar-refractivity contribution < 1.29 is 0 Å². The van der Waals surface area contributed by atoms with Gasteiger partial charge in [0.15, 0.2) is 0 Å². The van der Waals surface area contributed by atoms with E-state index >= 15 is 0 Å². The van der Waals surface area contributed by atoms with Gasteiger partial charge in [-0.3, -0.25) is 0 Å². The molecule has 0 spiro atoms. The van der Waals surface area contributed by atoms with Crippen molar-refractivity contribution in [3.05, 3.63) is 119 Å². The van der Waals surface area contributed by atoms with Crippen LogP contribution in [0.4, 0.5) is 0 Å². The Kier molecular flexibility index (Phi) is 5.30. The standard InChI is InChI=1S/C30H18BrClS/c31-21-16-17-29-27(18-21)26-10-5-9-25(30(26)33-29)24-8-2-1-6-22(24)19-12-14-20(15-13-19)23-7-3-4-11-28(23)32/h1-18H. The van der Waals surface area contributed by atoms with Gasteiger partial charge in [0.1, 0.15) is 0 Å². The Balaban J connectivity index is 1.50. The van der Waals surface area contributed by atoms with Gasteiger partial charge in [0.25, 0.3) is 0 Å². The summed E-state index contributed by atoms with van der Waals surface area (Å²) in [5.74, 6) is 0. The second kappa shape index (κ2) is 8.46. The highest BCUT2D eigenvalue weighted by Gasteiger charge is 2.14. The Labute approximate surface area is 210 Å². The lowest BCUT2D eigenvalue weighted by atomic mass is 9.92. The monoisotopic (exact) mass is 524 g/mol. The highest BCUT2D eigenvalue weighted by molar-refractivity contribution is 9.10. The summed E-state index contributed by atoms with van der Waals surface area (Å²) in [6.07, 6.45) is 0. The summed E-state index contributed by atoms with van der Waals surface area (Å²) in [7, 11) is 0. The average Bonchev–Trinajstić information content (AvgIpc) is 3.22. The molecule has 0 aliphatic rings. The Morgan fingerprint density at radius 2 is 1.18 bits per heavy atom. The summed E-state index contributed by atoms with van der Waals surface area (Å²) in [5.41, 5.74) is 7.13. The summed E-state index contributed by atoms with van der Waals surface area (Å²) in [6.45, 7) is 0. The van der Waals surface area contributed by atoms with Crippen molar-refractivity contribution >= 4 is 59.0 Å². The quantitative estimate of drug-likeness (QED) is 0.215. The summed E-state index contributed by atoms with van der Waals surface area (Å²) >= 11 is 11.9. The molecule has 0 atom stereocenters. The normalized spacial score (nSPS) is 11.3. The van der Waals surface area contributed by atoms with Crippen molar-refractivity contribution in [2.24, 2.45) is 0 Å². The molecule has 6 rings (SSSR count). The number of rotatable bonds is 3. The molecule has 0 unspecified atom stereocenters. The van der Waals surface area contributed by atoms with E-state index in [9.17, 15) is 0 Å². The minimum absolute atomic E-state index is 0.772. The Bertz CT molecular complexity index is 1630. The summed E-state index contributed by atoms with van der Waals surface area (Å²) < 4.78 is 3.74. The van der Waals surface area contributed by atoms with E-state index in [1.807, 2.05) is 29.5 Å². The first kappa shape index (κ1) is 20.7. The van der Waals surface area contributed by atoms with E-state index in [0.29, 0.717) is 0 Å². The van der Waals surface area contributed by atoms with Crippen LogP contribution in [0.25, 0.3) is 53.6 Å². The number of halogens is 2. The van der Waals surface area contributed by atoms with Gasteiger partial charge in [-0.2, -0.15) is 0 Å². The predicted octanol–water partition coefficient (Wildman–Crippen LogP) is 10.5. The van der Waals surface area contributed by atoms with Crippen molar-refractivity contribution in [3.8, 4) is 33.4 Å². The zero-order valence-electron chi connectivity index (χ0n) is 17.6. The second-order valence-electron chi connectivity index (χ2n) is 8.03. The molecule has 33 heavy (non-hydrogen) atoms.